The average molecular weight is 346 g/mol. The van der Waals surface area contributed by atoms with Crippen molar-refractivity contribution in [1.29, 1.82) is 0 Å². The summed E-state index contributed by atoms with van der Waals surface area (Å²) in [6, 6.07) is 9.75. The molecule has 0 aliphatic heterocycles. The highest BCUT2D eigenvalue weighted by Crippen LogP contribution is 2.53. The molecule has 4 heteroatoms. The molecule has 0 amide bonds. The summed E-state index contributed by atoms with van der Waals surface area (Å²) in [6.07, 6.45) is 3.68. The molecule has 1 aromatic rings. The lowest BCUT2D eigenvalue weighted by atomic mass is 9.56. The second-order valence-corrected chi connectivity index (χ2v) is 7.43. The highest BCUT2D eigenvalue weighted by atomic mass is 16.5. The predicted molar refractivity (Wildman–Crippen MR) is 97.3 cm³/mol. The second kappa shape index (κ2) is 8.50. The van der Waals surface area contributed by atoms with Crippen LogP contribution in [0.15, 0.2) is 30.3 Å². The van der Waals surface area contributed by atoms with Gasteiger partial charge in [0.15, 0.2) is 0 Å². The minimum Gasteiger partial charge on any atom is -0.481 e. The zero-order valence-electron chi connectivity index (χ0n) is 15.5. The van der Waals surface area contributed by atoms with Gasteiger partial charge in [0, 0.05) is 0 Å². The van der Waals surface area contributed by atoms with Gasteiger partial charge in [-0.15, -0.1) is 0 Å². The number of unbranched alkanes of at least 4 members (excludes halogenated alkanes) is 1. The number of carbonyl (C=O) groups is 2. The minimum absolute atomic E-state index is 0.198. The Bertz CT molecular complexity index is 583. The van der Waals surface area contributed by atoms with Crippen molar-refractivity contribution < 1.29 is 19.4 Å². The fourth-order valence-corrected chi connectivity index (χ4v) is 4.13. The van der Waals surface area contributed by atoms with Crippen LogP contribution < -0.4 is 0 Å². The summed E-state index contributed by atoms with van der Waals surface area (Å²) in [5, 5.41) is 9.90. The highest BCUT2D eigenvalue weighted by molar-refractivity contribution is 5.86. The van der Waals surface area contributed by atoms with Crippen LogP contribution in [-0.4, -0.2) is 23.7 Å². The molecule has 4 unspecified atom stereocenters. The summed E-state index contributed by atoms with van der Waals surface area (Å²) in [5.41, 5.74) is 0.00344. The third-order valence-corrected chi connectivity index (χ3v) is 5.79. The SMILES string of the molecule is CCCCOC(=O)C1(C(C)c2ccccc2)CCC(C)CC1C(=O)O. The van der Waals surface area contributed by atoms with Crippen molar-refractivity contribution in [3.63, 3.8) is 0 Å². The zero-order valence-corrected chi connectivity index (χ0v) is 15.5. The summed E-state index contributed by atoms with van der Waals surface area (Å²) >= 11 is 0. The van der Waals surface area contributed by atoms with Crippen molar-refractivity contribution in [1.82, 2.24) is 0 Å². The monoisotopic (exact) mass is 346 g/mol. The third kappa shape index (κ3) is 4.05. The molecule has 0 aromatic heterocycles. The molecule has 138 valence electrons. The van der Waals surface area contributed by atoms with Gasteiger partial charge in [-0.3, -0.25) is 9.59 Å². The van der Waals surface area contributed by atoms with E-state index in [0.717, 1.165) is 24.8 Å². The van der Waals surface area contributed by atoms with Gasteiger partial charge >= 0.3 is 11.9 Å². The van der Waals surface area contributed by atoms with Crippen LogP contribution in [-0.2, 0) is 14.3 Å². The fraction of sp³-hybridized carbons (Fsp3) is 0.619. The number of carbonyl (C=O) groups excluding carboxylic acids is 1. The van der Waals surface area contributed by atoms with Crippen LogP contribution in [0.4, 0.5) is 0 Å². The molecule has 4 nitrogen and oxygen atoms in total. The minimum atomic E-state index is -0.993. The molecule has 1 aromatic carbocycles. The molecule has 1 N–H and O–H groups in total. The zero-order chi connectivity index (χ0) is 18.4. The molecule has 1 aliphatic carbocycles. The Morgan fingerprint density at radius 2 is 2.00 bits per heavy atom. The lowest BCUT2D eigenvalue weighted by Gasteiger charge is -2.46. The summed E-state index contributed by atoms with van der Waals surface area (Å²) < 4.78 is 5.58. The van der Waals surface area contributed by atoms with Crippen LogP contribution in [0.5, 0.6) is 0 Å². The van der Waals surface area contributed by atoms with Crippen molar-refractivity contribution in [2.24, 2.45) is 17.3 Å². The summed E-state index contributed by atoms with van der Waals surface area (Å²) in [5.74, 6) is -1.82. The quantitative estimate of drug-likeness (QED) is 0.577. The second-order valence-electron chi connectivity index (χ2n) is 7.43. The van der Waals surface area contributed by atoms with Gasteiger partial charge < -0.3 is 9.84 Å². The maximum Gasteiger partial charge on any atom is 0.313 e. The lowest BCUT2D eigenvalue weighted by molar-refractivity contribution is -0.174. The number of esters is 1. The molecule has 1 saturated carbocycles. The van der Waals surface area contributed by atoms with Crippen molar-refractivity contribution >= 4 is 11.9 Å². The lowest BCUT2D eigenvalue weighted by Crippen LogP contribution is -2.50. The van der Waals surface area contributed by atoms with E-state index in [1.165, 1.54) is 0 Å². The highest BCUT2D eigenvalue weighted by Gasteiger charge is 2.56. The standard InChI is InChI=1S/C21H30O4/c1-4-5-13-25-20(24)21(16(3)17-9-7-6-8-10-17)12-11-15(2)14-18(21)19(22)23/h6-10,15-16,18H,4-5,11-14H2,1-3H3,(H,22,23). The Morgan fingerprint density at radius 1 is 1.32 bits per heavy atom. The van der Waals surface area contributed by atoms with Gasteiger partial charge in [-0.2, -0.15) is 0 Å². The van der Waals surface area contributed by atoms with Gasteiger partial charge in [0.2, 0.25) is 0 Å². The van der Waals surface area contributed by atoms with Gasteiger partial charge in [0.25, 0.3) is 0 Å². The van der Waals surface area contributed by atoms with Crippen LogP contribution in [0.3, 0.4) is 0 Å². The number of aliphatic carboxylic acids is 1. The Hall–Kier alpha value is -1.84. The summed E-state index contributed by atoms with van der Waals surface area (Å²) in [6.45, 7) is 6.44. The molecule has 0 saturated heterocycles. The molecule has 0 spiro atoms. The van der Waals surface area contributed by atoms with E-state index in [-0.39, 0.29) is 11.9 Å². The first kappa shape index (κ1) is 19.5. The molecule has 1 fully saturated rings. The van der Waals surface area contributed by atoms with Gasteiger partial charge in [0.1, 0.15) is 0 Å². The molecule has 2 rings (SSSR count). The molecule has 1 aliphatic rings. The Balaban J connectivity index is 2.42. The first-order chi connectivity index (χ1) is 11.9. The van der Waals surface area contributed by atoms with E-state index in [9.17, 15) is 14.7 Å². The van der Waals surface area contributed by atoms with Crippen molar-refractivity contribution in [3.8, 4) is 0 Å². The van der Waals surface area contributed by atoms with Gasteiger partial charge in [0.05, 0.1) is 17.9 Å². The first-order valence-electron chi connectivity index (χ1n) is 9.38. The molecular formula is C21H30O4. The van der Waals surface area contributed by atoms with Gasteiger partial charge in [-0.1, -0.05) is 57.5 Å². The van der Waals surface area contributed by atoms with Crippen LogP contribution in [0.2, 0.25) is 0 Å². The van der Waals surface area contributed by atoms with Crippen molar-refractivity contribution in [2.75, 3.05) is 6.61 Å². The normalized spacial score (nSPS) is 27.5. The number of carboxylic acids is 1. The maximum absolute atomic E-state index is 13.1. The van der Waals surface area contributed by atoms with Gasteiger partial charge in [-0.25, -0.2) is 0 Å². The number of benzene rings is 1. The molecular weight excluding hydrogens is 316 g/mol. The summed E-state index contributed by atoms with van der Waals surface area (Å²) in [4.78, 5) is 25.2. The van der Waals surface area contributed by atoms with Crippen LogP contribution in [0.1, 0.15) is 64.4 Å². The van der Waals surface area contributed by atoms with E-state index >= 15 is 0 Å². The van der Waals surface area contributed by atoms with Crippen molar-refractivity contribution in [2.45, 2.75) is 58.8 Å². The molecule has 0 radical (unpaired) electrons. The Kier molecular flexibility index (Phi) is 6.63. The van der Waals surface area contributed by atoms with Crippen LogP contribution >= 0.6 is 0 Å². The molecule has 4 atom stereocenters. The van der Waals surface area contributed by atoms with E-state index in [0.29, 0.717) is 25.4 Å². The number of rotatable bonds is 7. The van der Waals surface area contributed by atoms with E-state index in [1.807, 2.05) is 44.2 Å². The Labute approximate surface area is 150 Å². The average Bonchev–Trinajstić information content (AvgIpc) is 2.62. The van der Waals surface area contributed by atoms with E-state index in [4.69, 9.17) is 4.74 Å². The number of hydrogen-bond donors (Lipinski definition) is 1. The van der Waals surface area contributed by atoms with E-state index in [1.54, 1.807) is 0 Å². The largest absolute Gasteiger partial charge is 0.481 e. The van der Waals surface area contributed by atoms with Crippen LogP contribution in [0.25, 0.3) is 0 Å². The fourth-order valence-electron chi connectivity index (χ4n) is 4.13. The van der Waals surface area contributed by atoms with E-state index in [2.05, 4.69) is 6.92 Å². The maximum atomic E-state index is 13.1. The topological polar surface area (TPSA) is 63.6 Å². The van der Waals surface area contributed by atoms with E-state index < -0.39 is 17.3 Å². The summed E-state index contributed by atoms with van der Waals surface area (Å²) in [7, 11) is 0. The van der Waals surface area contributed by atoms with Gasteiger partial charge in [-0.05, 0) is 43.1 Å². The number of carboxylic acid groups (broad SMARTS) is 1. The smallest absolute Gasteiger partial charge is 0.313 e. The number of hydrogen-bond acceptors (Lipinski definition) is 3. The predicted octanol–water partition coefficient (Wildman–Crippen LogP) is 4.64. The molecule has 0 heterocycles. The third-order valence-electron chi connectivity index (χ3n) is 5.79. The molecule has 25 heavy (non-hydrogen) atoms. The Morgan fingerprint density at radius 3 is 2.60 bits per heavy atom. The number of ether oxygens (including phenoxy) is 1. The van der Waals surface area contributed by atoms with Crippen LogP contribution in [0, 0.1) is 17.3 Å². The molecule has 0 bridgehead atoms. The first-order valence-corrected chi connectivity index (χ1v) is 9.38. The van der Waals surface area contributed by atoms with Crippen molar-refractivity contribution in [3.05, 3.63) is 35.9 Å².